The number of hydrogen-bond donors (Lipinski definition) is 4. The van der Waals surface area contributed by atoms with Crippen molar-refractivity contribution in [3.05, 3.63) is 23.9 Å². The zero-order chi connectivity index (χ0) is 18.3. The predicted octanol–water partition coefficient (Wildman–Crippen LogP) is -0.839. The maximum absolute atomic E-state index is 12.1. The number of nitrogens with one attached hydrogen (secondary N) is 2. The molecule has 0 atom stereocenters. The monoisotopic (exact) mass is 349 g/mol. The molecule has 4 amide bonds. The smallest absolute Gasteiger partial charge is 0.422 e. The van der Waals surface area contributed by atoms with E-state index in [0.717, 1.165) is 0 Å². The number of alkyl halides is 3. The Bertz CT molecular complexity index is 609. The molecular weight excluding hydrogens is 335 g/mol. The van der Waals surface area contributed by atoms with Gasteiger partial charge in [-0.25, -0.2) is 9.78 Å². The van der Waals surface area contributed by atoms with Crippen LogP contribution in [0, 0.1) is 0 Å². The van der Waals surface area contributed by atoms with Gasteiger partial charge in [-0.1, -0.05) is 0 Å². The van der Waals surface area contributed by atoms with E-state index in [-0.39, 0.29) is 12.4 Å². The number of urea groups is 1. The molecule has 0 fully saturated rings. The Balaban J connectivity index is 2.56. The Morgan fingerprint density at radius 1 is 1.25 bits per heavy atom. The molecule has 0 spiro atoms. The van der Waals surface area contributed by atoms with Gasteiger partial charge in [-0.2, -0.15) is 13.2 Å². The van der Waals surface area contributed by atoms with Gasteiger partial charge in [0.15, 0.2) is 12.6 Å². The number of pyridine rings is 1. The first-order valence-corrected chi connectivity index (χ1v) is 6.36. The molecule has 24 heavy (non-hydrogen) atoms. The number of aromatic nitrogens is 1. The fraction of sp³-hybridized carbons (Fsp3) is 0.333. The summed E-state index contributed by atoms with van der Waals surface area (Å²) in [5.41, 5.74) is 10.1. The summed E-state index contributed by atoms with van der Waals surface area (Å²) in [6.45, 7) is -1.64. The molecule has 1 rings (SSSR count). The van der Waals surface area contributed by atoms with Crippen LogP contribution in [0.5, 0.6) is 5.88 Å². The molecule has 0 bridgehead atoms. The average Bonchev–Trinajstić information content (AvgIpc) is 2.47. The number of carbonyl (C=O) groups excluding carboxylic acids is 3. The van der Waals surface area contributed by atoms with E-state index in [1.54, 1.807) is 0 Å². The van der Waals surface area contributed by atoms with Gasteiger partial charge in [-0.05, 0) is 11.6 Å². The number of nitrogens with zero attached hydrogens (tertiary/aromatic N) is 1. The zero-order valence-electron chi connectivity index (χ0n) is 12.1. The predicted molar refractivity (Wildman–Crippen MR) is 73.3 cm³/mol. The zero-order valence-corrected chi connectivity index (χ0v) is 12.1. The molecule has 1 aromatic heterocycles. The normalized spacial score (nSPS) is 11.0. The highest BCUT2D eigenvalue weighted by molar-refractivity contribution is 6.05. The lowest BCUT2D eigenvalue weighted by Crippen LogP contribution is -2.54. The number of rotatable bonds is 7. The van der Waals surface area contributed by atoms with E-state index < -0.39 is 36.7 Å². The number of primary amides is 2. The van der Waals surface area contributed by atoms with Crippen molar-refractivity contribution in [2.75, 3.05) is 6.61 Å². The summed E-state index contributed by atoms with van der Waals surface area (Å²) in [5, 5.41) is 4.22. The Labute approximate surface area is 133 Å². The molecular formula is C12H14F3N5O4. The van der Waals surface area contributed by atoms with Crippen LogP contribution in [0.15, 0.2) is 18.3 Å². The van der Waals surface area contributed by atoms with E-state index in [0.29, 0.717) is 5.56 Å². The van der Waals surface area contributed by atoms with E-state index >= 15 is 0 Å². The van der Waals surface area contributed by atoms with Crippen LogP contribution >= 0.6 is 0 Å². The van der Waals surface area contributed by atoms with Crippen LogP contribution in [0.25, 0.3) is 0 Å². The molecule has 0 saturated carbocycles. The van der Waals surface area contributed by atoms with Crippen molar-refractivity contribution < 1.29 is 32.3 Å². The fourth-order valence-electron chi connectivity index (χ4n) is 1.44. The van der Waals surface area contributed by atoms with E-state index in [1.807, 2.05) is 5.32 Å². The summed E-state index contributed by atoms with van der Waals surface area (Å²) in [4.78, 5) is 37.0. The molecule has 0 radical (unpaired) electrons. The van der Waals surface area contributed by atoms with Crippen molar-refractivity contribution in [2.45, 2.75) is 18.8 Å². The van der Waals surface area contributed by atoms with Crippen LogP contribution in [0.3, 0.4) is 0 Å². The Morgan fingerprint density at radius 3 is 2.42 bits per heavy atom. The van der Waals surface area contributed by atoms with Gasteiger partial charge in [0.2, 0.25) is 17.7 Å². The SMILES string of the molecule is NC(=O)C(NC(=O)NCc1ccnc(OCC(F)(F)F)c1)C(N)=O. The largest absolute Gasteiger partial charge is 0.468 e. The standard InChI is InChI=1S/C12H14F3N5O4/c13-12(14,15)5-24-7-3-6(1-2-18-7)4-19-11(23)20-8(9(16)21)10(17)22/h1-3,8H,4-5H2,(H2,16,21)(H2,17,22)(H2,19,20,23). The highest BCUT2D eigenvalue weighted by Crippen LogP contribution is 2.17. The minimum atomic E-state index is -4.51. The molecule has 0 unspecified atom stereocenters. The summed E-state index contributed by atoms with van der Waals surface area (Å²) in [6.07, 6.45) is -3.31. The van der Waals surface area contributed by atoms with Crippen LogP contribution in [-0.4, -0.2) is 41.7 Å². The highest BCUT2D eigenvalue weighted by Gasteiger charge is 2.28. The van der Waals surface area contributed by atoms with Gasteiger partial charge < -0.3 is 26.8 Å². The molecule has 132 valence electrons. The first kappa shape index (κ1) is 19.0. The second-order valence-electron chi connectivity index (χ2n) is 4.47. The summed E-state index contributed by atoms with van der Waals surface area (Å²) >= 11 is 0. The number of nitrogens with two attached hydrogens (primary N) is 2. The van der Waals surface area contributed by atoms with Crippen molar-refractivity contribution in [3.63, 3.8) is 0 Å². The number of carbonyl (C=O) groups is 3. The van der Waals surface area contributed by atoms with Crippen LogP contribution < -0.4 is 26.8 Å². The second kappa shape index (κ2) is 7.99. The lowest BCUT2D eigenvalue weighted by molar-refractivity contribution is -0.154. The van der Waals surface area contributed by atoms with Gasteiger partial charge in [0.05, 0.1) is 0 Å². The topological polar surface area (TPSA) is 149 Å². The first-order valence-electron chi connectivity index (χ1n) is 6.36. The van der Waals surface area contributed by atoms with Crippen LogP contribution in [0.2, 0.25) is 0 Å². The number of amides is 4. The van der Waals surface area contributed by atoms with Gasteiger partial charge in [-0.15, -0.1) is 0 Å². The van der Waals surface area contributed by atoms with Crippen molar-refractivity contribution in [3.8, 4) is 5.88 Å². The highest BCUT2D eigenvalue weighted by atomic mass is 19.4. The van der Waals surface area contributed by atoms with Crippen molar-refractivity contribution in [1.29, 1.82) is 0 Å². The molecule has 6 N–H and O–H groups in total. The molecule has 12 heteroatoms. The average molecular weight is 349 g/mol. The number of ether oxygens (including phenoxy) is 1. The third kappa shape index (κ3) is 6.81. The van der Waals surface area contributed by atoms with E-state index in [9.17, 15) is 27.6 Å². The van der Waals surface area contributed by atoms with E-state index in [1.165, 1.54) is 18.3 Å². The summed E-state index contributed by atoms with van der Waals surface area (Å²) in [7, 11) is 0. The maximum Gasteiger partial charge on any atom is 0.422 e. The third-order valence-corrected chi connectivity index (χ3v) is 2.48. The van der Waals surface area contributed by atoms with E-state index in [4.69, 9.17) is 11.5 Å². The molecule has 1 heterocycles. The first-order chi connectivity index (χ1) is 11.1. The van der Waals surface area contributed by atoms with Gasteiger partial charge in [0.1, 0.15) is 0 Å². The van der Waals surface area contributed by atoms with Gasteiger partial charge in [0.25, 0.3) is 0 Å². The van der Waals surface area contributed by atoms with Gasteiger partial charge in [-0.3, -0.25) is 9.59 Å². The summed E-state index contributed by atoms with van der Waals surface area (Å²) in [5.74, 6) is -2.55. The Kier molecular flexibility index (Phi) is 6.32. The van der Waals surface area contributed by atoms with Crippen molar-refractivity contribution in [2.24, 2.45) is 11.5 Å². The Morgan fingerprint density at radius 2 is 1.88 bits per heavy atom. The van der Waals surface area contributed by atoms with Crippen LogP contribution in [0.1, 0.15) is 5.56 Å². The molecule has 1 aromatic rings. The number of halogens is 3. The molecule has 0 aromatic carbocycles. The lowest BCUT2D eigenvalue weighted by Gasteiger charge is -2.13. The van der Waals surface area contributed by atoms with Crippen LogP contribution in [-0.2, 0) is 16.1 Å². The summed E-state index contributed by atoms with van der Waals surface area (Å²) in [6, 6.07) is -0.00761. The number of hydrogen-bond acceptors (Lipinski definition) is 5. The molecule has 0 saturated heterocycles. The molecule has 0 aliphatic heterocycles. The summed E-state index contributed by atoms with van der Waals surface area (Å²) < 4.78 is 40.6. The lowest BCUT2D eigenvalue weighted by atomic mass is 10.2. The van der Waals surface area contributed by atoms with Crippen molar-refractivity contribution in [1.82, 2.24) is 15.6 Å². The van der Waals surface area contributed by atoms with Gasteiger partial charge in [0, 0.05) is 18.8 Å². The third-order valence-electron chi connectivity index (χ3n) is 2.48. The molecule has 0 aliphatic rings. The fourth-order valence-corrected chi connectivity index (χ4v) is 1.44. The minimum Gasteiger partial charge on any atom is -0.468 e. The van der Waals surface area contributed by atoms with Gasteiger partial charge >= 0.3 is 12.2 Å². The minimum absolute atomic E-state index is 0.138. The maximum atomic E-state index is 12.1. The van der Waals surface area contributed by atoms with E-state index in [2.05, 4.69) is 15.0 Å². The second-order valence-corrected chi connectivity index (χ2v) is 4.47. The van der Waals surface area contributed by atoms with Crippen molar-refractivity contribution >= 4 is 17.8 Å². The molecule has 0 aliphatic carbocycles. The van der Waals surface area contributed by atoms with Crippen LogP contribution in [0.4, 0.5) is 18.0 Å². The molecule has 9 nitrogen and oxygen atoms in total. The quantitative estimate of drug-likeness (QED) is 0.474. The Hall–Kier alpha value is -3.05.